The highest BCUT2D eigenvalue weighted by Crippen LogP contribution is 2.34. The molecule has 1 saturated carbocycles. The van der Waals surface area contributed by atoms with Gasteiger partial charge in [0.1, 0.15) is 5.82 Å². The van der Waals surface area contributed by atoms with Crippen LogP contribution in [0.25, 0.3) is 11.3 Å². The molecule has 2 aromatic carbocycles. The molecule has 1 heterocycles. The van der Waals surface area contributed by atoms with Crippen LogP contribution in [0.4, 0.5) is 15.3 Å². The first kappa shape index (κ1) is 29.7. The molecule has 3 aromatic rings. The molecule has 4 N–H and O–H groups in total. The summed E-state index contributed by atoms with van der Waals surface area (Å²) in [5, 5.41) is 5.79. The Hall–Kier alpha value is -3.85. The zero-order chi connectivity index (χ0) is 28.0. The second-order valence-corrected chi connectivity index (χ2v) is 9.84. The van der Waals surface area contributed by atoms with Gasteiger partial charge in [-0.15, -0.1) is 0 Å². The zero-order valence-corrected chi connectivity index (χ0v) is 23.2. The van der Waals surface area contributed by atoms with E-state index in [2.05, 4.69) is 25.7 Å². The Kier molecular flexibility index (Phi) is 11.8. The lowest BCUT2D eigenvalue weighted by Crippen LogP contribution is -2.28. The number of carbonyl (C=O) groups excluding carboxylic acids is 2. The minimum Gasteiger partial charge on any atom is -0.447 e. The van der Waals surface area contributed by atoms with Crippen LogP contribution in [0.3, 0.4) is 0 Å². The number of nitrogens with one attached hydrogen (secondary N) is 2. The van der Waals surface area contributed by atoms with Gasteiger partial charge in [0.2, 0.25) is 0 Å². The van der Waals surface area contributed by atoms with Gasteiger partial charge >= 0.3 is 12.1 Å². The highest BCUT2D eigenvalue weighted by Gasteiger charge is 2.22. The van der Waals surface area contributed by atoms with Gasteiger partial charge in [-0.3, -0.25) is 0 Å². The number of anilines is 1. The maximum Gasteiger partial charge on any atom is 0.404 e. The number of benzene rings is 2. The molecule has 9 heteroatoms. The Labute approximate surface area is 231 Å². The van der Waals surface area contributed by atoms with E-state index in [1.54, 1.807) is 21.0 Å². The third kappa shape index (κ3) is 9.76. The van der Waals surface area contributed by atoms with Gasteiger partial charge in [-0.25, -0.2) is 14.6 Å². The molecule has 39 heavy (non-hydrogen) atoms. The van der Waals surface area contributed by atoms with Gasteiger partial charge in [-0.1, -0.05) is 61.7 Å². The largest absolute Gasteiger partial charge is 0.447 e. The lowest BCUT2D eigenvalue weighted by molar-refractivity contribution is 0.125. The van der Waals surface area contributed by atoms with Crippen molar-refractivity contribution < 1.29 is 19.1 Å². The molecule has 0 radical (unpaired) electrons. The number of ether oxygens (including phenoxy) is 2. The van der Waals surface area contributed by atoms with Crippen LogP contribution in [0.15, 0.2) is 60.8 Å². The number of primary amides is 1. The topological polar surface area (TPSA) is 120 Å². The van der Waals surface area contributed by atoms with Crippen molar-refractivity contribution in [2.75, 3.05) is 19.0 Å². The fourth-order valence-electron chi connectivity index (χ4n) is 4.63. The molecule has 0 spiro atoms. The first-order valence-corrected chi connectivity index (χ1v) is 13.6. The predicted molar refractivity (Wildman–Crippen MR) is 153 cm³/mol. The Morgan fingerprint density at radius 1 is 1.05 bits per heavy atom. The minimum absolute atomic E-state index is 0.0995. The standard InChI is InChI=1S/C26H32N4O2.C4H9NO2/c1-32-17-16-30-24(19-27-25(30)22-10-6-3-7-11-22)21-12-14-23(15-13-21)29-26(31)28-18-20-8-4-2-5-9-20;1-3(2)7-4(5)6/h2,4-5,8-9,12-15,19,22H,3,6-7,10-11,16-18H2,1H3,(H2,28,29,31);3H,1-2H3,(H2,5,6). The van der Waals surface area contributed by atoms with Crippen molar-refractivity contribution >= 4 is 17.8 Å². The first-order valence-electron chi connectivity index (χ1n) is 13.6. The van der Waals surface area contributed by atoms with E-state index in [9.17, 15) is 9.59 Å². The van der Waals surface area contributed by atoms with Crippen LogP contribution < -0.4 is 16.4 Å². The quantitative estimate of drug-likeness (QED) is 0.308. The van der Waals surface area contributed by atoms with Crippen molar-refractivity contribution in [1.82, 2.24) is 14.9 Å². The van der Waals surface area contributed by atoms with E-state index < -0.39 is 6.09 Å². The molecule has 1 fully saturated rings. The molecule has 0 atom stereocenters. The molecule has 0 bridgehead atoms. The number of methoxy groups -OCH3 is 1. The van der Waals surface area contributed by atoms with Crippen LogP contribution in [0.1, 0.15) is 63.3 Å². The van der Waals surface area contributed by atoms with Gasteiger partial charge in [0.05, 0.1) is 24.6 Å². The Morgan fingerprint density at radius 3 is 2.33 bits per heavy atom. The van der Waals surface area contributed by atoms with Crippen LogP contribution in [0, 0.1) is 0 Å². The summed E-state index contributed by atoms with van der Waals surface area (Å²) >= 11 is 0. The number of nitrogens with two attached hydrogens (primary N) is 1. The van der Waals surface area contributed by atoms with Crippen molar-refractivity contribution in [2.45, 2.75) is 71.1 Å². The highest BCUT2D eigenvalue weighted by molar-refractivity contribution is 5.89. The van der Waals surface area contributed by atoms with Crippen molar-refractivity contribution in [3.8, 4) is 11.3 Å². The second-order valence-electron chi connectivity index (χ2n) is 9.84. The van der Waals surface area contributed by atoms with E-state index in [1.807, 2.05) is 60.8 Å². The molecule has 1 aliphatic carbocycles. The third-order valence-corrected chi connectivity index (χ3v) is 6.46. The number of amides is 3. The van der Waals surface area contributed by atoms with Gasteiger partial charge in [-0.05, 0) is 49.9 Å². The van der Waals surface area contributed by atoms with Gasteiger partial charge in [0.15, 0.2) is 0 Å². The van der Waals surface area contributed by atoms with Crippen molar-refractivity contribution in [3.63, 3.8) is 0 Å². The molecule has 1 aliphatic rings. The number of hydrogen-bond acceptors (Lipinski definition) is 5. The SMILES string of the molecule is CC(C)OC(N)=O.COCCn1c(-c2ccc(NC(=O)NCc3ccccc3)cc2)cnc1C1CCCCC1. The number of hydrogen-bond donors (Lipinski definition) is 3. The minimum atomic E-state index is -0.713. The van der Waals surface area contributed by atoms with Gasteiger partial charge in [-0.2, -0.15) is 0 Å². The maximum atomic E-state index is 12.2. The number of rotatable bonds is 9. The molecule has 0 saturated heterocycles. The predicted octanol–water partition coefficient (Wildman–Crippen LogP) is 6.06. The van der Waals surface area contributed by atoms with E-state index in [1.165, 1.54) is 37.9 Å². The molecule has 1 aromatic heterocycles. The second kappa shape index (κ2) is 15.5. The summed E-state index contributed by atoms with van der Waals surface area (Å²) in [6.45, 7) is 5.42. The Balaban J connectivity index is 0.000000532. The normalized spacial score (nSPS) is 13.3. The zero-order valence-electron chi connectivity index (χ0n) is 23.2. The van der Waals surface area contributed by atoms with Gasteiger partial charge < -0.3 is 30.4 Å². The average Bonchev–Trinajstić information content (AvgIpc) is 3.35. The van der Waals surface area contributed by atoms with Crippen LogP contribution in [-0.4, -0.2) is 41.5 Å². The molecule has 0 aliphatic heterocycles. The molecule has 0 unspecified atom stereocenters. The van der Waals surface area contributed by atoms with Crippen molar-refractivity contribution in [3.05, 3.63) is 72.2 Å². The molecular formula is C30H41N5O4. The van der Waals surface area contributed by atoms with E-state index in [0.29, 0.717) is 19.1 Å². The van der Waals surface area contributed by atoms with Crippen LogP contribution in [0.2, 0.25) is 0 Å². The van der Waals surface area contributed by atoms with Crippen LogP contribution >= 0.6 is 0 Å². The number of nitrogens with zero attached hydrogens (tertiary/aromatic N) is 2. The lowest BCUT2D eigenvalue weighted by atomic mass is 9.88. The molecule has 4 rings (SSSR count). The molecule has 210 valence electrons. The molecule has 3 amide bonds. The van der Waals surface area contributed by atoms with E-state index in [4.69, 9.17) is 9.72 Å². The summed E-state index contributed by atoms with van der Waals surface area (Å²) in [7, 11) is 1.74. The van der Waals surface area contributed by atoms with E-state index in [0.717, 1.165) is 29.1 Å². The Morgan fingerprint density at radius 2 is 1.74 bits per heavy atom. The van der Waals surface area contributed by atoms with E-state index in [-0.39, 0.29) is 12.1 Å². The number of imidazole rings is 1. The average molecular weight is 536 g/mol. The summed E-state index contributed by atoms with van der Waals surface area (Å²) in [4.78, 5) is 26.9. The monoisotopic (exact) mass is 535 g/mol. The van der Waals surface area contributed by atoms with Gasteiger partial charge in [0.25, 0.3) is 0 Å². The maximum absolute atomic E-state index is 12.2. The Bertz CT molecular complexity index is 1160. The van der Waals surface area contributed by atoms with Crippen molar-refractivity contribution in [1.29, 1.82) is 0 Å². The third-order valence-electron chi connectivity index (χ3n) is 6.46. The van der Waals surface area contributed by atoms with Crippen LogP contribution in [0.5, 0.6) is 0 Å². The summed E-state index contributed by atoms with van der Waals surface area (Å²) in [5.74, 6) is 1.71. The van der Waals surface area contributed by atoms with Crippen molar-refractivity contribution in [2.24, 2.45) is 5.73 Å². The first-order chi connectivity index (χ1) is 18.9. The number of carbonyl (C=O) groups is 2. The molecule has 9 nitrogen and oxygen atoms in total. The summed E-state index contributed by atoms with van der Waals surface area (Å²) < 4.78 is 12.1. The van der Waals surface area contributed by atoms with Crippen LogP contribution in [-0.2, 0) is 22.6 Å². The molecular weight excluding hydrogens is 494 g/mol. The van der Waals surface area contributed by atoms with Gasteiger partial charge in [0, 0.05) is 31.8 Å². The lowest BCUT2D eigenvalue weighted by Gasteiger charge is -2.23. The smallest absolute Gasteiger partial charge is 0.404 e. The summed E-state index contributed by atoms with van der Waals surface area (Å²) in [6.07, 6.45) is 7.49. The summed E-state index contributed by atoms with van der Waals surface area (Å²) in [5.41, 5.74) is 8.65. The summed E-state index contributed by atoms with van der Waals surface area (Å²) in [6, 6.07) is 17.6. The fourth-order valence-corrected chi connectivity index (χ4v) is 4.63. The number of aromatic nitrogens is 2. The van der Waals surface area contributed by atoms with E-state index >= 15 is 0 Å². The highest BCUT2D eigenvalue weighted by atomic mass is 16.6. The number of urea groups is 1. The fraction of sp³-hybridized carbons (Fsp3) is 0.433.